The molecule has 0 bridgehead atoms. The van der Waals surface area contributed by atoms with E-state index in [0.717, 1.165) is 17.1 Å². The van der Waals surface area contributed by atoms with Gasteiger partial charge in [-0.15, -0.1) is 0 Å². The van der Waals surface area contributed by atoms with E-state index in [0.29, 0.717) is 0 Å². The quantitative estimate of drug-likeness (QED) is 0.155. The second-order valence-corrected chi connectivity index (χ2v) is 19.7. The number of benzene rings is 10. The number of hydrogen-bond donors (Lipinski definition) is 0. The molecule has 0 amide bonds. The summed E-state index contributed by atoms with van der Waals surface area (Å²) >= 11 is 0. The smallest absolute Gasteiger partial charge is 0.0541 e. The van der Waals surface area contributed by atoms with Gasteiger partial charge in [-0.25, -0.2) is 0 Å². The SMILES string of the molecule is CC1(C)c2ccccc2-c2ccc(-c3ccc(N(c4ccc(-c5ccc(-c6ccccc6-n6c7ccccc7c7ccccc76)cc5)cc4)c4ccc5c(c4)C(C)(C)c4ccccc4-5)cc3)cc21. The van der Waals surface area contributed by atoms with E-state index in [1.165, 1.54) is 105 Å². The van der Waals surface area contributed by atoms with Crippen LogP contribution < -0.4 is 4.90 Å². The monoisotopic (exact) mass is 870 g/mol. The standard InChI is InChI=1S/C66H50N2/c1-65(2)58-20-10-5-16-52(58)54-39-33-47(41-60(54)65)45-31-36-49(37-32-45)67(50-38-40-55-53-17-6-11-21-59(53)66(3,4)61(55)42-50)48-34-29-44(30-35-48)43-25-27-46(28-26-43)51-15-7-12-22-62(51)68-63-23-13-8-18-56(63)57-19-9-14-24-64(57)68/h5-42H,1-4H3. The Labute approximate surface area is 399 Å². The second kappa shape index (κ2) is 15.2. The Hall–Kier alpha value is -8.20. The molecule has 0 aliphatic heterocycles. The summed E-state index contributed by atoms with van der Waals surface area (Å²) in [6.07, 6.45) is 0. The Morgan fingerprint density at radius 2 is 0.676 bits per heavy atom. The van der Waals surface area contributed by atoms with Gasteiger partial charge in [0.1, 0.15) is 0 Å². The van der Waals surface area contributed by atoms with Crippen molar-refractivity contribution in [3.8, 4) is 61.3 Å². The number of rotatable bonds is 7. The first-order valence-electron chi connectivity index (χ1n) is 23.9. The van der Waals surface area contributed by atoms with E-state index >= 15 is 0 Å². The molecule has 11 aromatic rings. The van der Waals surface area contributed by atoms with Crippen molar-refractivity contribution in [1.29, 1.82) is 0 Å². The summed E-state index contributed by atoms with van der Waals surface area (Å²) in [6.45, 7) is 9.43. The third-order valence-corrected chi connectivity index (χ3v) is 15.2. The highest BCUT2D eigenvalue weighted by Crippen LogP contribution is 2.52. The van der Waals surface area contributed by atoms with Crippen molar-refractivity contribution >= 4 is 38.9 Å². The predicted octanol–water partition coefficient (Wildman–Crippen LogP) is 17.9. The van der Waals surface area contributed by atoms with Crippen molar-refractivity contribution in [3.05, 3.63) is 253 Å². The zero-order valence-electron chi connectivity index (χ0n) is 38.8. The van der Waals surface area contributed by atoms with Gasteiger partial charge in [0.2, 0.25) is 0 Å². The molecule has 324 valence electrons. The summed E-state index contributed by atoms with van der Waals surface area (Å²) in [5, 5.41) is 2.53. The van der Waals surface area contributed by atoms with Crippen LogP contribution in [0.25, 0.3) is 83.1 Å². The van der Waals surface area contributed by atoms with E-state index in [2.05, 4.69) is 268 Å². The third-order valence-electron chi connectivity index (χ3n) is 15.2. The fourth-order valence-electron chi connectivity index (χ4n) is 11.7. The number of para-hydroxylation sites is 3. The molecule has 0 saturated carbocycles. The number of aromatic nitrogens is 1. The highest BCUT2D eigenvalue weighted by Gasteiger charge is 2.37. The largest absolute Gasteiger partial charge is 0.310 e. The van der Waals surface area contributed by atoms with Crippen LogP contribution in [0.3, 0.4) is 0 Å². The van der Waals surface area contributed by atoms with Crippen LogP contribution >= 0.6 is 0 Å². The van der Waals surface area contributed by atoms with Crippen molar-refractivity contribution < 1.29 is 0 Å². The number of nitrogens with zero attached hydrogens (tertiary/aromatic N) is 2. The fraction of sp³-hybridized carbons (Fsp3) is 0.0909. The van der Waals surface area contributed by atoms with Crippen molar-refractivity contribution in [2.24, 2.45) is 0 Å². The Bertz CT molecular complexity index is 3720. The molecule has 0 atom stereocenters. The summed E-state index contributed by atoms with van der Waals surface area (Å²) in [4.78, 5) is 2.42. The van der Waals surface area contributed by atoms with E-state index < -0.39 is 0 Å². The first-order chi connectivity index (χ1) is 33.2. The van der Waals surface area contributed by atoms with Crippen LogP contribution in [0.4, 0.5) is 17.1 Å². The molecular weight excluding hydrogens is 821 g/mol. The number of hydrogen-bond acceptors (Lipinski definition) is 1. The maximum atomic E-state index is 2.42. The molecule has 0 N–H and O–H groups in total. The molecule has 68 heavy (non-hydrogen) atoms. The molecule has 1 aromatic heterocycles. The van der Waals surface area contributed by atoms with Crippen molar-refractivity contribution in [1.82, 2.24) is 4.57 Å². The molecule has 1 heterocycles. The minimum absolute atomic E-state index is 0.0479. The Morgan fingerprint density at radius 3 is 1.25 bits per heavy atom. The summed E-state index contributed by atoms with van der Waals surface area (Å²) in [7, 11) is 0. The lowest BCUT2D eigenvalue weighted by Crippen LogP contribution is -2.16. The summed E-state index contributed by atoms with van der Waals surface area (Å²) < 4.78 is 2.42. The maximum absolute atomic E-state index is 2.42. The van der Waals surface area contributed by atoms with Gasteiger partial charge in [0, 0.05) is 44.2 Å². The molecule has 2 heteroatoms. The molecule has 2 aliphatic carbocycles. The van der Waals surface area contributed by atoms with Crippen LogP contribution in [-0.2, 0) is 10.8 Å². The molecule has 10 aromatic carbocycles. The van der Waals surface area contributed by atoms with E-state index in [9.17, 15) is 0 Å². The van der Waals surface area contributed by atoms with Crippen molar-refractivity contribution in [2.75, 3.05) is 4.90 Å². The predicted molar refractivity (Wildman–Crippen MR) is 287 cm³/mol. The van der Waals surface area contributed by atoms with Crippen LogP contribution in [0.2, 0.25) is 0 Å². The molecule has 0 spiro atoms. The van der Waals surface area contributed by atoms with Gasteiger partial charge in [-0.05, 0) is 133 Å². The first kappa shape index (κ1) is 40.1. The van der Waals surface area contributed by atoms with Crippen LogP contribution in [0.1, 0.15) is 49.9 Å². The highest BCUT2D eigenvalue weighted by atomic mass is 15.1. The Balaban J connectivity index is 0.854. The van der Waals surface area contributed by atoms with Gasteiger partial charge in [0.25, 0.3) is 0 Å². The lowest BCUT2D eigenvalue weighted by atomic mass is 9.81. The fourth-order valence-corrected chi connectivity index (χ4v) is 11.7. The zero-order chi connectivity index (χ0) is 45.7. The molecule has 2 aliphatic rings. The third kappa shape index (κ3) is 6.10. The molecule has 13 rings (SSSR count). The molecule has 0 fully saturated rings. The molecule has 0 saturated heterocycles. The highest BCUT2D eigenvalue weighted by molar-refractivity contribution is 6.09. The number of fused-ring (bicyclic) bond motifs is 9. The minimum Gasteiger partial charge on any atom is -0.310 e. The topological polar surface area (TPSA) is 8.17 Å². The molecule has 0 unspecified atom stereocenters. The van der Waals surface area contributed by atoms with Gasteiger partial charge < -0.3 is 9.47 Å². The summed E-state index contributed by atoms with van der Waals surface area (Å²) in [5.41, 5.74) is 24.9. The van der Waals surface area contributed by atoms with Gasteiger partial charge in [0.05, 0.1) is 16.7 Å². The maximum Gasteiger partial charge on any atom is 0.0541 e. The first-order valence-corrected chi connectivity index (χ1v) is 23.9. The molecule has 0 radical (unpaired) electrons. The van der Waals surface area contributed by atoms with Crippen LogP contribution in [-0.4, -0.2) is 4.57 Å². The second-order valence-electron chi connectivity index (χ2n) is 19.7. The number of anilines is 3. The Kier molecular flexibility index (Phi) is 8.95. The zero-order valence-corrected chi connectivity index (χ0v) is 38.8. The van der Waals surface area contributed by atoms with E-state index in [4.69, 9.17) is 0 Å². The van der Waals surface area contributed by atoms with Gasteiger partial charge in [-0.2, -0.15) is 0 Å². The van der Waals surface area contributed by atoms with Crippen molar-refractivity contribution in [2.45, 2.75) is 38.5 Å². The van der Waals surface area contributed by atoms with Gasteiger partial charge in [-0.1, -0.05) is 198 Å². The van der Waals surface area contributed by atoms with E-state index in [-0.39, 0.29) is 10.8 Å². The lowest BCUT2D eigenvalue weighted by molar-refractivity contribution is 0.660. The van der Waals surface area contributed by atoms with Crippen LogP contribution in [0.5, 0.6) is 0 Å². The molecule has 2 nitrogen and oxygen atoms in total. The van der Waals surface area contributed by atoms with Gasteiger partial charge >= 0.3 is 0 Å². The average Bonchev–Trinajstić information content (AvgIpc) is 3.93. The summed E-state index contributed by atoms with van der Waals surface area (Å²) in [6, 6.07) is 85.4. The van der Waals surface area contributed by atoms with Gasteiger partial charge in [-0.3, -0.25) is 0 Å². The van der Waals surface area contributed by atoms with Crippen molar-refractivity contribution in [3.63, 3.8) is 0 Å². The van der Waals surface area contributed by atoms with E-state index in [1.54, 1.807) is 0 Å². The normalized spacial score (nSPS) is 13.8. The van der Waals surface area contributed by atoms with E-state index in [1.807, 2.05) is 0 Å². The average molecular weight is 871 g/mol. The van der Waals surface area contributed by atoms with Gasteiger partial charge in [0.15, 0.2) is 0 Å². The lowest BCUT2D eigenvalue weighted by Gasteiger charge is -2.28. The minimum atomic E-state index is -0.113. The van der Waals surface area contributed by atoms with Crippen LogP contribution in [0, 0.1) is 0 Å². The molecular formula is C66H50N2. The Morgan fingerprint density at radius 1 is 0.294 bits per heavy atom. The van der Waals surface area contributed by atoms with Crippen LogP contribution in [0.15, 0.2) is 231 Å². The summed E-state index contributed by atoms with van der Waals surface area (Å²) in [5.74, 6) is 0.